The molecule has 2 nitrogen and oxygen atoms in total. The zero-order chi connectivity index (χ0) is 13.0. The van der Waals surface area contributed by atoms with E-state index in [9.17, 15) is 4.21 Å². The maximum Gasteiger partial charge on any atom is 0.0498 e. The fourth-order valence-corrected chi connectivity index (χ4v) is 2.35. The number of hydrogen-bond acceptors (Lipinski definition) is 2. The van der Waals surface area contributed by atoms with Crippen LogP contribution in [0.5, 0.6) is 0 Å². The van der Waals surface area contributed by atoms with E-state index in [1.54, 1.807) is 6.26 Å². The van der Waals surface area contributed by atoms with Crippen LogP contribution in [0.4, 0.5) is 5.69 Å². The van der Waals surface area contributed by atoms with E-state index in [0.29, 0.717) is 0 Å². The van der Waals surface area contributed by atoms with Crippen LogP contribution < -0.4 is 4.90 Å². The van der Waals surface area contributed by atoms with Gasteiger partial charge >= 0.3 is 0 Å². The smallest absolute Gasteiger partial charge is 0.0498 e. The molecule has 0 saturated carbocycles. The van der Waals surface area contributed by atoms with E-state index in [0.717, 1.165) is 11.4 Å². The van der Waals surface area contributed by atoms with Gasteiger partial charge in [-0.05, 0) is 29.8 Å². The van der Waals surface area contributed by atoms with E-state index in [4.69, 9.17) is 0 Å². The molecule has 1 unspecified atom stereocenters. The molecular formula is C15H17NOS. The zero-order valence-corrected chi connectivity index (χ0v) is 11.5. The van der Waals surface area contributed by atoms with Crippen LogP contribution in [0.2, 0.25) is 0 Å². The first-order valence-corrected chi connectivity index (χ1v) is 7.41. The Hall–Kier alpha value is -1.61. The molecular weight excluding hydrogens is 242 g/mol. The molecule has 2 aromatic carbocycles. The topological polar surface area (TPSA) is 20.3 Å². The summed E-state index contributed by atoms with van der Waals surface area (Å²) < 4.78 is 11.3. The van der Waals surface area contributed by atoms with Gasteiger partial charge in [-0.15, -0.1) is 0 Å². The summed E-state index contributed by atoms with van der Waals surface area (Å²) in [5.74, 6) is 0. The van der Waals surface area contributed by atoms with Crippen LogP contribution in [-0.2, 0) is 17.3 Å². The van der Waals surface area contributed by atoms with Gasteiger partial charge in [0, 0.05) is 41.2 Å². The maximum absolute atomic E-state index is 11.3. The molecule has 2 aromatic rings. The SMILES string of the molecule is CN(Cc1ccc(S(C)=O)cc1)c1ccccc1. The molecule has 0 aliphatic carbocycles. The number of nitrogens with zero attached hydrogens (tertiary/aromatic N) is 1. The van der Waals surface area contributed by atoms with Crippen LogP contribution >= 0.6 is 0 Å². The van der Waals surface area contributed by atoms with Crippen molar-refractivity contribution in [1.82, 2.24) is 0 Å². The van der Waals surface area contributed by atoms with Gasteiger partial charge in [0.15, 0.2) is 0 Å². The molecule has 0 N–H and O–H groups in total. The lowest BCUT2D eigenvalue weighted by molar-refractivity contribution is 0.687. The monoisotopic (exact) mass is 259 g/mol. The summed E-state index contributed by atoms with van der Waals surface area (Å²) in [5, 5.41) is 0. The molecule has 0 amide bonds. The van der Waals surface area contributed by atoms with Crippen molar-refractivity contribution >= 4 is 16.5 Å². The van der Waals surface area contributed by atoms with Crippen LogP contribution in [-0.4, -0.2) is 17.5 Å². The van der Waals surface area contributed by atoms with Gasteiger partial charge in [-0.1, -0.05) is 30.3 Å². The highest BCUT2D eigenvalue weighted by atomic mass is 32.2. The molecule has 0 saturated heterocycles. The molecule has 3 heteroatoms. The van der Waals surface area contributed by atoms with Crippen molar-refractivity contribution in [1.29, 1.82) is 0 Å². The molecule has 0 spiro atoms. The van der Waals surface area contributed by atoms with Gasteiger partial charge < -0.3 is 4.90 Å². The minimum absolute atomic E-state index is 0.848. The Morgan fingerprint density at radius 3 is 2.17 bits per heavy atom. The Morgan fingerprint density at radius 2 is 1.61 bits per heavy atom. The summed E-state index contributed by atoms with van der Waals surface area (Å²) >= 11 is 0. The third kappa shape index (κ3) is 3.20. The lowest BCUT2D eigenvalue weighted by Crippen LogP contribution is -2.16. The van der Waals surface area contributed by atoms with E-state index >= 15 is 0 Å². The standard InChI is InChI=1S/C15H17NOS/c1-16(14-6-4-3-5-7-14)12-13-8-10-15(11-9-13)18(2)17/h3-11H,12H2,1-2H3. The number of rotatable bonds is 4. The fraction of sp³-hybridized carbons (Fsp3) is 0.200. The zero-order valence-electron chi connectivity index (χ0n) is 10.7. The lowest BCUT2D eigenvalue weighted by atomic mass is 10.2. The quantitative estimate of drug-likeness (QED) is 0.841. The van der Waals surface area contributed by atoms with Crippen molar-refractivity contribution < 1.29 is 4.21 Å². The number of anilines is 1. The second-order valence-corrected chi connectivity index (χ2v) is 5.67. The van der Waals surface area contributed by atoms with Crippen molar-refractivity contribution in [2.75, 3.05) is 18.2 Å². The first-order valence-electron chi connectivity index (χ1n) is 5.85. The summed E-state index contributed by atoms with van der Waals surface area (Å²) in [6.07, 6.45) is 1.70. The molecule has 94 valence electrons. The van der Waals surface area contributed by atoms with Crippen LogP contribution in [0.25, 0.3) is 0 Å². The van der Waals surface area contributed by atoms with Crippen molar-refractivity contribution in [3.8, 4) is 0 Å². The minimum Gasteiger partial charge on any atom is -0.370 e. The molecule has 0 fully saturated rings. The third-order valence-electron chi connectivity index (χ3n) is 2.87. The largest absolute Gasteiger partial charge is 0.370 e. The highest BCUT2D eigenvalue weighted by Crippen LogP contribution is 2.15. The highest BCUT2D eigenvalue weighted by Gasteiger charge is 2.02. The second kappa shape index (κ2) is 5.83. The van der Waals surface area contributed by atoms with Crippen LogP contribution in [0, 0.1) is 0 Å². The summed E-state index contributed by atoms with van der Waals surface area (Å²) in [7, 11) is 1.17. The van der Waals surface area contributed by atoms with Gasteiger partial charge in [0.1, 0.15) is 0 Å². The summed E-state index contributed by atoms with van der Waals surface area (Å²) in [6.45, 7) is 0.848. The van der Waals surface area contributed by atoms with Crippen molar-refractivity contribution in [3.05, 3.63) is 60.2 Å². The van der Waals surface area contributed by atoms with Gasteiger partial charge in [-0.2, -0.15) is 0 Å². The first-order chi connectivity index (χ1) is 8.66. The average molecular weight is 259 g/mol. The molecule has 18 heavy (non-hydrogen) atoms. The van der Waals surface area contributed by atoms with E-state index in [-0.39, 0.29) is 0 Å². The predicted octanol–water partition coefficient (Wildman–Crippen LogP) is 3.06. The maximum atomic E-state index is 11.3. The van der Waals surface area contributed by atoms with E-state index in [2.05, 4.69) is 24.1 Å². The molecule has 0 aromatic heterocycles. The van der Waals surface area contributed by atoms with Gasteiger partial charge in [-0.3, -0.25) is 4.21 Å². The molecule has 0 heterocycles. The van der Waals surface area contributed by atoms with Crippen molar-refractivity contribution in [3.63, 3.8) is 0 Å². The van der Waals surface area contributed by atoms with E-state index < -0.39 is 10.8 Å². The fourth-order valence-electron chi connectivity index (χ4n) is 1.83. The Balaban J connectivity index is 2.08. The Kier molecular flexibility index (Phi) is 4.15. The van der Waals surface area contributed by atoms with E-state index in [1.165, 1.54) is 11.3 Å². The molecule has 0 radical (unpaired) electrons. The highest BCUT2D eigenvalue weighted by molar-refractivity contribution is 7.84. The molecule has 1 atom stereocenters. The molecule has 0 aliphatic heterocycles. The summed E-state index contributed by atoms with van der Waals surface area (Å²) in [4.78, 5) is 3.07. The van der Waals surface area contributed by atoms with Gasteiger partial charge in [0.05, 0.1) is 0 Å². The normalized spacial score (nSPS) is 12.1. The molecule has 0 aliphatic rings. The number of hydrogen-bond donors (Lipinski definition) is 0. The Morgan fingerprint density at radius 1 is 1.00 bits per heavy atom. The Labute approximate surface area is 111 Å². The van der Waals surface area contributed by atoms with Crippen LogP contribution in [0.3, 0.4) is 0 Å². The van der Waals surface area contributed by atoms with Crippen LogP contribution in [0.1, 0.15) is 5.56 Å². The second-order valence-electron chi connectivity index (χ2n) is 4.29. The Bertz CT molecular complexity index is 522. The van der Waals surface area contributed by atoms with Crippen molar-refractivity contribution in [2.45, 2.75) is 11.4 Å². The first kappa shape index (κ1) is 12.8. The van der Waals surface area contributed by atoms with Crippen molar-refractivity contribution in [2.24, 2.45) is 0 Å². The van der Waals surface area contributed by atoms with Gasteiger partial charge in [-0.25, -0.2) is 0 Å². The third-order valence-corrected chi connectivity index (χ3v) is 3.81. The summed E-state index contributed by atoms with van der Waals surface area (Å²) in [5.41, 5.74) is 2.41. The molecule has 0 bridgehead atoms. The number of benzene rings is 2. The lowest BCUT2D eigenvalue weighted by Gasteiger charge is -2.19. The average Bonchev–Trinajstić information content (AvgIpc) is 2.40. The van der Waals surface area contributed by atoms with E-state index in [1.807, 2.05) is 42.5 Å². The minimum atomic E-state index is -0.899. The molecule has 2 rings (SSSR count). The predicted molar refractivity (Wildman–Crippen MR) is 77.3 cm³/mol. The van der Waals surface area contributed by atoms with Gasteiger partial charge in [0.2, 0.25) is 0 Å². The van der Waals surface area contributed by atoms with Gasteiger partial charge in [0.25, 0.3) is 0 Å². The number of para-hydroxylation sites is 1. The summed E-state index contributed by atoms with van der Waals surface area (Å²) in [6, 6.07) is 18.2. The van der Waals surface area contributed by atoms with Crippen LogP contribution in [0.15, 0.2) is 59.5 Å².